The van der Waals surface area contributed by atoms with Crippen LogP contribution in [0.5, 0.6) is 0 Å². The zero-order valence-corrected chi connectivity index (χ0v) is 21.1. The Morgan fingerprint density at radius 1 is 1.00 bits per heavy atom. The molecule has 0 spiro atoms. The van der Waals surface area contributed by atoms with E-state index >= 15 is 0 Å². The molecule has 3 aliphatic rings. The highest BCUT2D eigenvalue weighted by Crippen LogP contribution is 2.31. The normalized spacial score (nSPS) is 17.6. The van der Waals surface area contributed by atoms with Crippen molar-refractivity contribution in [2.45, 2.75) is 45.2 Å². The molecule has 1 aromatic carbocycles. The molecule has 10 nitrogen and oxygen atoms in total. The molecule has 37 heavy (non-hydrogen) atoms. The third-order valence-electron chi connectivity index (χ3n) is 7.28. The number of rotatable bonds is 5. The van der Waals surface area contributed by atoms with Gasteiger partial charge in [-0.2, -0.15) is 0 Å². The van der Waals surface area contributed by atoms with Crippen LogP contribution in [0.4, 0.5) is 22.1 Å². The SMILES string of the molecule is Cc1nccc(N2CCc3c(nc(-c4ccc(NC(=O)NC5CCC5)cc4)nc3N3CCOCC3)C2)n1. The summed E-state index contributed by atoms with van der Waals surface area (Å²) < 4.78 is 5.60. The number of fused-ring (bicyclic) bond motifs is 1. The van der Waals surface area contributed by atoms with Crippen LogP contribution in [0.15, 0.2) is 36.5 Å². The topological polar surface area (TPSA) is 108 Å². The average molecular weight is 501 g/mol. The molecule has 6 rings (SSSR count). The third kappa shape index (κ3) is 5.20. The Morgan fingerprint density at radius 2 is 1.81 bits per heavy atom. The monoisotopic (exact) mass is 500 g/mol. The van der Waals surface area contributed by atoms with E-state index in [9.17, 15) is 4.79 Å². The number of morpholine rings is 1. The van der Waals surface area contributed by atoms with Gasteiger partial charge in [-0.25, -0.2) is 24.7 Å². The van der Waals surface area contributed by atoms with Crippen molar-refractivity contribution in [3.8, 4) is 11.4 Å². The van der Waals surface area contributed by atoms with Crippen LogP contribution in [0, 0.1) is 6.92 Å². The molecule has 4 heterocycles. The second-order valence-electron chi connectivity index (χ2n) is 9.83. The molecule has 0 radical (unpaired) electrons. The summed E-state index contributed by atoms with van der Waals surface area (Å²) in [6.45, 7) is 6.46. The number of carbonyl (C=O) groups excluding carboxylic acids is 1. The van der Waals surface area contributed by atoms with Crippen molar-refractivity contribution >= 4 is 23.4 Å². The highest BCUT2D eigenvalue weighted by Gasteiger charge is 2.27. The van der Waals surface area contributed by atoms with Gasteiger partial charge in [-0.3, -0.25) is 0 Å². The van der Waals surface area contributed by atoms with Gasteiger partial charge in [0.05, 0.1) is 25.5 Å². The second kappa shape index (κ2) is 10.3. The van der Waals surface area contributed by atoms with Gasteiger partial charge in [0.2, 0.25) is 0 Å². The molecule has 10 heteroatoms. The van der Waals surface area contributed by atoms with Gasteiger partial charge in [-0.15, -0.1) is 0 Å². The number of hydrogen-bond donors (Lipinski definition) is 2. The van der Waals surface area contributed by atoms with E-state index < -0.39 is 0 Å². The summed E-state index contributed by atoms with van der Waals surface area (Å²) in [6, 6.07) is 9.85. The molecule has 1 saturated carbocycles. The van der Waals surface area contributed by atoms with E-state index in [1.807, 2.05) is 37.3 Å². The molecule has 2 fully saturated rings. The molecule has 0 bridgehead atoms. The van der Waals surface area contributed by atoms with Crippen molar-refractivity contribution in [2.24, 2.45) is 0 Å². The zero-order chi connectivity index (χ0) is 25.2. The predicted octanol–water partition coefficient (Wildman–Crippen LogP) is 3.32. The van der Waals surface area contributed by atoms with Crippen LogP contribution in [-0.2, 0) is 17.7 Å². The minimum absolute atomic E-state index is 0.155. The number of hydrogen-bond acceptors (Lipinski definition) is 8. The minimum Gasteiger partial charge on any atom is -0.378 e. The summed E-state index contributed by atoms with van der Waals surface area (Å²) in [5.41, 5.74) is 3.89. The molecule has 1 saturated heterocycles. The van der Waals surface area contributed by atoms with Crippen LogP contribution >= 0.6 is 0 Å². The van der Waals surface area contributed by atoms with Crippen LogP contribution in [0.1, 0.15) is 36.3 Å². The van der Waals surface area contributed by atoms with Crippen LogP contribution in [0.3, 0.4) is 0 Å². The molecule has 2 aliphatic heterocycles. The van der Waals surface area contributed by atoms with Crippen LogP contribution < -0.4 is 20.4 Å². The maximum atomic E-state index is 12.2. The molecule has 192 valence electrons. The van der Waals surface area contributed by atoms with E-state index in [0.29, 0.717) is 31.6 Å². The van der Waals surface area contributed by atoms with Gasteiger partial charge in [0.25, 0.3) is 0 Å². The lowest BCUT2D eigenvalue weighted by atomic mass is 9.93. The first-order valence-electron chi connectivity index (χ1n) is 13.1. The Labute approximate surface area is 216 Å². The lowest BCUT2D eigenvalue weighted by Gasteiger charge is -2.34. The van der Waals surface area contributed by atoms with Crippen molar-refractivity contribution < 1.29 is 9.53 Å². The Morgan fingerprint density at radius 3 is 2.54 bits per heavy atom. The number of urea groups is 1. The van der Waals surface area contributed by atoms with Gasteiger partial charge in [0.15, 0.2) is 5.82 Å². The number of amides is 2. The summed E-state index contributed by atoms with van der Waals surface area (Å²) in [4.78, 5) is 35.8. The molecular weight excluding hydrogens is 468 g/mol. The van der Waals surface area contributed by atoms with E-state index in [1.54, 1.807) is 6.20 Å². The van der Waals surface area contributed by atoms with Crippen molar-refractivity contribution in [1.29, 1.82) is 0 Å². The number of nitrogens with zero attached hydrogens (tertiary/aromatic N) is 6. The van der Waals surface area contributed by atoms with Gasteiger partial charge in [0.1, 0.15) is 17.5 Å². The van der Waals surface area contributed by atoms with Gasteiger partial charge in [-0.1, -0.05) is 0 Å². The minimum atomic E-state index is -0.155. The fourth-order valence-electron chi connectivity index (χ4n) is 5.00. The second-order valence-corrected chi connectivity index (χ2v) is 9.83. The number of benzene rings is 1. The largest absolute Gasteiger partial charge is 0.378 e. The molecule has 0 unspecified atom stereocenters. The summed E-state index contributed by atoms with van der Waals surface area (Å²) in [7, 11) is 0. The van der Waals surface area contributed by atoms with Crippen LogP contribution in [-0.4, -0.2) is 64.9 Å². The quantitative estimate of drug-likeness (QED) is 0.549. The molecular formula is C27H32N8O2. The number of ether oxygens (including phenoxy) is 1. The number of aromatic nitrogens is 4. The average Bonchev–Trinajstić information content (AvgIpc) is 2.91. The number of anilines is 3. The first-order chi connectivity index (χ1) is 18.1. The van der Waals surface area contributed by atoms with Gasteiger partial charge in [0, 0.05) is 48.7 Å². The Hall–Kier alpha value is -3.79. The van der Waals surface area contributed by atoms with Crippen molar-refractivity contribution in [3.05, 3.63) is 53.6 Å². The first kappa shape index (κ1) is 23.6. The first-order valence-corrected chi connectivity index (χ1v) is 13.1. The van der Waals surface area contributed by atoms with Crippen molar-refractivity contribution in [1.82, 2.24) is 25.3 Å². The van der Waals surface area contributed by atoms with E-state index in [-0.39, 0.29) is 6.03 Å². The van der Waals surface area contributed by atoms with Crippen LogP contribution in [0.2, 0.25) is 0 Å². The maximum absolute atomic E-state index is 12.2. The Kier molecular flexibility index (Phi) is 6.57. The molecule has 3 aromatic rings. The van der Waals surface area contributed by atoms with E-state index in [0.717, 1.165) is 73.3 Å². The van der Waals surface area contributed by atoms with Crippen LogP contribution in [0.25, 0.3) is 11.4 Å². The van der Waals surface area contributed by atoms with Gasteiger partial charge < -0.3 is 25.2 Å². The fraction of sp³-hybridized carbons (Fsp3) is 0.444. The lowest BCUT2D eigenvalue weighted by Crippen LogP contribution is -2.41. The summed E-state index contributed by atoms with van der Waals surface area (Å²) in [5, 5.41) is 5.94. The predicted molar refractivity (Wildman–Crippen MR) is 142 cm³/mol. The maximum Gasteiger partial charge on any atom is 0.319 e. The lowest BCUT2D eigenvalue weighted by molar-refractivity contribution is 0.122. The van der Waals surface area contributed by atoms with Gasteiger partial charge >= 0.3 is 6.03 Å². The van der Waals surface area contributed by atoms with E-state index in [2.05, 4.69) is 30.4 Å². The number of aryl methyl sites for hydroxylation is 1. The highest BCUT2D eigenvalue weighted by atomic mass is 16.5. The van der Waals surface area contributed by atoms with Gasteiger partial charge in [-0.05, 0) is 62.9 Å². The Bertz CT molecular complexity index is 1270. The summed E-state index contributed by atoms with van der Waals surface area (Å²) in [6.07, 6.45) is 5.96. The number of nitrogens with one attached hydrogen (secondary N) is 2. The highest BCUT2D eigenvalue weighted by molar-refractivity contribution is 5.89. The van der Waals surface area contributed by atoms with E-state index in [1.165, 1.54) is 12.0 Å². The summed E-state index contributed by atoms with van der Waals surface area (Å²) >= 11 is 0. The Balaban J connectivity index is 1.28. The smallest absolute Gasteiger partial charge is 0.319 e. The number of carbonyl (C=O) groups is 1. The van der Waals surface area contributed by atoms with Crippen molar-refractivity contribution in [2.75, 3.05) is 48.0 Å². The van der Waals surface area contributed by atoms with E-state index in [4.69, 9.17) is 14.7 Å². The molecule has 0 atom stereocenters. The molecule has 2 N–H and O–H groups in total. The fourth-order valence-corrected chi connectivity index (χ4v) is 5.00. The zero-order valence-electron chi connectivity index (χ0n) is 21.1. The standard InChI is InChI=1S/C27H32N8O2/c1-18-28-11-9-24(29-18)35-12-10-22-23(17-35)32-25(33-26(22)34-13-15-37-16-14-34)19-5-7-21(8-6-19)31-27(36)30-20-3-2-4-20/h5-9,11,20H,2-4,10,12-17H2,1H3,(H2,30,31,36). The molecule has 2 amide bonds. The third-order valence-corrected chi connectivity index (χ3v) is 7.28. The summed E-state index contributed by atoms with van der Waals surface area (Å²) in [5.74, 6) is 3.37. The molecule has 1 aliphatic carbocycles. The molecule has 2 aromatic heterocycles. The van der Waals surface area contributed by atoms with Crippen molar-refractivity contribution in [3.63, 3.8) is 0 Å².